The zero-order valence-electron chi connectivity index (χ0n) is 12.7. The maximum atomic E-state index is 6.12. The van der Waals surface area contributed by atoms with Gasteiger partial charge in [0.05, 0.1) is 16.1 Å². The quantitative estimate of drug-likeness (QED) is 0.822. The predicted octanol–water partition coefficient (Wildman–Crippen LogP) is 4.99. The SMILES string of the molecule is CCOC1CC(NC(C)c2ccc(Cl)c(Cl)c2)C12CCC2. The third-order valence-corrected chi connectivity index (χ3v) is 6.07. The third-order valence-electron chi connectivity index (χ3n) is 5.33. The summed E-state index contributed by atoms with van der Waals surface area (Å²) in [6, 6.07) is 6.74. The molecule has 4 heteroatoms. The predicted molar refractivity (Wildman–Crippen MR) is 88.1 cm³/mol. The number of nitrogens with one attached hydrogen (secondary N) is 1. The Morgan fingerprint density at radius 3 is 2.67 bits per heavy atom. The number of hydrogen-bond acceptors (Lipinski definition) is 2. The molecule has 0 heterocycles. The molecule has 3 unspecified atom stereocenters. The molecule has 0 aromatic heterocycles. The maximum Gasteiger partial charge on any atom is 0.0661 e. The summed E-state index contributed by atoms with van der Waals surface area (Å²) in [6.45, 7) is 5.10. The van der Waals surface area contributed by atoms with Gasteiger partial charge in [-0.15, -0.1) is 0 Å². The van der Waals surface area contributed by atoms with E-state index in [1.807, 2.05) is 12.1 Å². The van der Waals surface area contributed by atoms with Gasteiger partial charge in [0.2, 0.25) is 0 Å². The first-order valence-corrected chi connectivity index (χ1v) is 8.65. The lowest BCUT2D eigenvalue weighted by molar-refractivity contribution is -0.174. The van der Waals surface area contributed by atoms with Crippen LogP contribution in [0, 0.1) is 5.41 Å². The Bertz CT molecular complexity index is 516. The smallest absolute Gasteiger partial charge is 0.0661 e. The van der Waals surface area contributed by atoms with Gasteiger partial charge in [0.1, 0.15) is 0 Å². The lowest BCUT2D eigenvalue weighted by atomic mass is 9.51. The van der Waals surface area contributed by atoms with E-state index in [0.717, 1.165) is 13.0 Å². The van der Waals surface area contributed by atoms with Crippen LogP contribution < -0.4 is 5.32 Å². The Kier molecular flexibility index (Phi) is 4.52. The van der Waals surface area contributed by atoms with E-state index in [4.69, 9.17) is 27.9 Å². The largest absolute Gasteiger partial charge is 0.378 e. The normalized spacial score (nSPS) is 28.0. The Labute approximate surface area is 137 Å². The fourth-order valence-corrected chi connectivity index (χ4v) is 4.16. The highest BCUT2D eigenvalue weighted by Crippen LogP contribution is 2.57. The van der Waals surface area contributed by atoms with Gasteiger partial charge >= 0.3 is 0 Å². The van der Waals surface area contributed by atoms with Gasteiger partial charge < -0.3 is 10.1 Å². The van der Waals surface area contributed by atoms with E-state index >= 15 is 0 Å². The van der Waals surface area contributed by atoms with Crippen LogP contribution in [0.2, 0.25) is 10.0 Å². The summed E-state index contributed by atoms with van der Waals surface area (Å²) in [6.07, 6.45) is 5.50. The summed E-state index contributed by atoms with van der Waals surface area (Å²) in [5.74, 6) is 0. The number of halogens is 2. The Morgan fingerprint density at radius 1 is 1.33 bits per heavy atom. The van der Waals surface area contributed by atoms with Crippen molar-refractivity contribution in [1.29, 1.82) is 0 Å². The second kappa shape index (κ2) is 6.08. The highest BCUT2D eigenvalue weighted by Gasteiger charge is 2.58. The van der Waals surface area contributed by atoms with Gasteiger partial charge in [0.15, 0.2) is 0 Å². The van der Waals surface area contributed by atoms with Crippen molar-refractivity contribution in [2.24, 2.45) is 5.41 Å². The fraction of sp³-hybridized carbons (Fsp3) is 0.647. The van der Waals surface area contributed by atoms with Gasteiger partial charge in [0, 0.05) is 24.1 Å². The van der Waals surface area contributed by atoms with Crippen LogP contribution >= 0.6 is 23.2 Å². The molecular weight excluding hydrogens is 305 g/mol. The van der Waals surface area contributed by atoms with E-state index in [0.29, 0.717) is 27.6 Å². The second-order valence-electron chi connectivity index (χ2n) is 6.38. The van der Waals surface area contributed by atoms with Crippen molar-refractivity contribution in [3.05, 3.63) is 33.8 Å². The van der Waals surface area contributed by atoms with Gasteiger partial charge in [0.25, 0.3) is 0 Å². The molecule has 0 saturated heterocycles. The highest BCUT2D eigenvalue weighted by molar-refractivity contribution is 6.42. The second-order valence-corrected chi connectivity index (χ2v) is 7.20. The number of benzene rings is 1. The van der Waals surface area contributed by atoms with Gasteiger partial charge in [-0.1, -0.05) is 35.7 Å². The molecule has 2 fully saturated rings. The van der Waals surface area contributed by atoms with Crippen molar-refractivity contribution in [3.63, 3.8) is 0 Å². The zero-order valence-corrected chi connectivity index (χ0v) is 14.2. The molecule has 1 aromatic rings. The van der Waals surface area contributed by atoms with Crippen LogP contribution in [0.15, 0.2) is 18.2 Å². The van der Waals surface area contributed by atoms with E-state index in [2.05, 4.69) is 25.2 Å². The first-order chi connectivity index (χ1) is 10.1. The monoisotopic (exact) mass is 327 g/mol. The lowest BCUT2D eigenvalue weighted by Gasteiger charge is -2.61. The van der Waals surface area contributed by atoms with Gasteiger partial charge in [-0.05, 0) is 50.8 Å². The average molecular weight is 328 g/mol. The van der Waals surface area contributed by atoms with Crippen LogP contribution in [-0.2, 0) is 4.74 Å². The number of rotatable bonds is 5. The molecule has 0 radical (unpaired) electrons. The van der Waals surface area contributed by atoms with E-state index in [1.165, 1.54) is 24.8 Å². The molecule has 2 aliphatic carbocycles. The van der Waals surface area contributed by atoms with Crippen molar-refractivity contribution < 1.29 is 4.74 Å². The van der Waals surface area contributed by atoms with Gasteiger partial charge in [-0.2, -0.15) is 0 Å². The molecule has 2 saturated carbocycles. The molecule has 116 valence electrons. The highest BCUT2D eigenvalue weighted by atomic mass is 35.5. The molecule has 0 bridgehead atoms. The molecule has 0 aliphatic heterocycles. The zero-order chi connectivity index (χ0) is 15.0. The van der Waals surface area contributed by atoms with Crippen LogP contribution in [0.4, 0.5) is 0 Å². The molecular formula is C17H23Cl2NO. The number of hydrogen-bond donors (Lipinski definition) is 1. The molecule has 3 atom stereocenters. The summed E-state index contributed by atoms with van der Waals surface area (Å²) in [5.41, 5.74) is 1.58. The van der Waals surface area contributed by atoms with E-state index < -0.39 is 0 Å². The maximum absolute atomic E-state index is 6.12. The minimum Gasteiger partial charge on any atom is -0.378 e. The summed E-state index contributed by atoms with van der Waals surface area (Å²) < 4.78 is 5.91. The molecule has 2 nitrogen and oxygen atoms in total. The van der Waals surface area contributed by atoms with Crippen molar-refractivity contribution in [2.75, 3.05) is 6.61 Å². The van der Waals surface area contributed by atoms with Crippen molar-refractivity contribution in [1.82, 2.24) is 5.32 Å². The number of ether oxygens (including phenoxy) is 1. The molecule has 1 aromatic carbocycles. The van der Waals surface area contributed by atoms with Crippen LogP contribution in [0.1, 0.15) is 51.1 Å². The minimum atomic E-state index is 0.282. The topological polar surface area (TPSA) is 21.3 Å². The summed E-state index contributed by atoms with van der Waals surface area (Å²) in [4.78, 5) is 0. The van der Waals surface area contributed by atoms with E-state index in [-0.39, 0.29) is 6.04 Å². The molecule has 2 aliphatic rings. The molecule has 1 N–H and O–H groups in total. The molecule has 21 heavy (non-hydrogen) atoms. The Balaban J connectivity index is 1.65. The van der Waals surface area contributed by atoms with Crippen molar-refractivity contribution >= 4 is 23.2 Å². The first-order valence-electron chi connectivity index (χ1n) is 7.89. The van der Waals surface area contributed by atoms with Crippen molar-refractivity contribution in [3.8, 4) is 0 Å². The fourth-order valence-electron chi connectivity index (χ4n) is 3.85. The first kappa shape index (κ1) is 15.6. The van der Waals surface area contributed by atoms with E-state index in [9.17, 15) is 0 Å². The third kappa shape index (κ3) is 2.72. The summed E-state index contributed by atoms with van der Waals surface area (Å²) >= 11 is 12.1. The van der Waals surface area contributed by atoms with E-state index in [1.54, 1.807) is 0 Å². The Hall–Kier alpha value is -0.280. The standard InChI is InChI=1S/C17H23Cl2NO/c1-3-21-16-10-15(17(16)7-4-8-17)20-11(2)12-5-6-13(18)14(19)9-12/h5-6,9,11,15-16,20H,3-4,7-8,10H2,1-2H3. The van der Waals surface area contributed by atoms with Crippen LogP contribution in [0.5, 0.6) is 0 Å². The van der Waals surface area contributed by atoms with Crippen LogP contribution in [0.25, 0.3) is 0 Å². The summed E-state index contributed by atoms with van der Waals surface area (Å²) in [5, 5.41) is 5.02. The van der Waals surface area contributed by atoms with Gasteiger partial charge in [-0.25, -0.2) is 0 Å². The molecule has 3 rings (SSSR count). The van der Waals surface area contributed by atoms with Crippen LogP contribution in [-0.4, -0.2) is 18.8 Å². The van der Waals surface area contributed by atoms with Gasteiger partial charge in [-0.3, -0.25) is 0 Å². The molecule has 0 amide bonds. The summed E-state index contributed by atoms with van der Waals surface area (Å²) in [7, 11) is 0. The van der Waals surface area contributed by atoms with Crippen LogP contribution in [0.3, 0.4) is 0 Å². The lowest BCUT2D eigenvalue weighted by Crippen LogP contribution is -2.67. The van der Waals surface area contributed by atoms with Crippen molar-refractivity contribution in [2.45, 2.75) is 57.7 Å². The minimum absolute atomic E-state index is 0.282. The molecule has 1 spiro atoms. The average Bonchev–Trinajstić information content (AvgIpc) is 2.38. The Morgan fingerprint density at radius 2 is 2.10 bits per heavy atom.